The van der Waals surface area contributed by atoms with Gasteiger partial charge in [-0.1, -0.05) is 30.4 Å². The highest BCUT2D eigenvalue weighted by Crippen LogP contribution is 2.30. The maximum absolute atomic E-state index is 3.46. The molecule has 0 amide bonds. The molecule has 2 aliphatic heterocycles. The third-order valence-electron chi connectivity index (χ3n) is 2.96. The molecule has 0 unspecified atom stereocenters. The van der Waals surface area contributed by atoms with Crippen LogP contribution < -0.4 is 10.6 Å². The zero-order valence-electron chi connectivity index (χ0n) is 9.03. The number of para-hydroxylation sites is 1. The normalized spacial score (nSPS) is 17.1. The molecular weight excluding hydrogens is 196 g/mol. The summed E-state index contributed by atoms with van der Waals surface area (Å²) in [5.41, 5.74) is 5.10. The van der Waals surface area contributed by atoms with E-state index in [2.05, 4.69) is 41.0 Å². The summed E-state index contributed by atoms with van der Waals surface area (Å²) in [5, 5.41) is 6.76. The molecule has 0 atom stereocenters. The number of rotatable bonds is 1. The van der Waals surface area contributed by atoms with E-state index in [1.807, 2.05) is 18.4 Å². The van der Waals surface area contributed by atoms with Crippen molar-refractivity contribution in [2.24, 2.45) is 0 Å². The van der Waals surface area contributed by atoms with Crippen molar-refractivity contribution in [3.05, 3.63) is 59.8 Å². The summed E-state index contributed by atoms with van der Waals surface area (Å²) < 4.78 is 0. The monoisotopic (exact) mass is 210 g/mol. The highest BCUT2D eigenvalue weighted by atomic mass is 14.9. The second kappa shape index (κ2) is 3.89. The SMILES string of the molecule is C1=CC=C(c2cccc3c2NCC3)NC=C1. The van der Waals surface area contributed by atoms with Gasteiger partial charge < -0.3 is 10.6 Å². The van der Waals surface area contributed by atoms with E-state index < -0.39 is 0 Å². The summed E-state index contributed by atoms with van der Waals surface area (Å²) in [5.74, 6) is 0. The molecule has 0 fully saturated rings. The fourth-order valence-electron chi connectivity index (χ4n) is 2.19. The Morgan fingerprint density at radius 2 is 2.06 bits per heavy atom. The summed E-state index contributed by atoms with van der Waals surface area (Å²) in [6, 6.07) is 6.48. The van der Waals surface area contributed by atoms with Crippen molar-refractivity contribution in [3.63, 3.8) is 0 Å². The Labute approximate surface area is 95.4 Å². The van der Waals surface area contributed by atoms with Crippen LogP contribution in [0.4, 0.5) is 5.69 Å². The third-order valence-corrected chi connectivity index (χ3v) is 2.96. The first-order valence-corrected chi connectivity index (χ1v) is 5.61. The van der Waals surface area contributed by atoms with E-state index in [0.29, 0.717) is 0 Å². The van der Waals surface area contributed by atoms with Gasteiger partial charge in [-0.3, -0.25) is 0 Å². The molecule has 2 aliphatic rings. The van der Waals surface area contributed by atoms with Crippen molar-refractivity contribution < 1.29 is 0 Å². The van der Waals surface area contributed by atoms with Gasteiger partial charge in [0.1, 0.15) is 0 Å². The second-order valence-corrected chi connectivity index (χ2v) is 3.99. The summed E-state index contributed by atoms with van der Waals surface area (Å²) in [4.78, 5) is 0. The van der Waals surface area contributed by atoms with Crippen molar-refractivity contribution in [2.75, 3.05) is 11.9 Å². The molecule has 0 aliphatic carbocycles. The van der Waals surface area contributed by atoms with Gasteiger partial charge in [0.2, 0.25) is 0 Å². The van der Waals surface area contributed by atoms with Gasteiger partial charge in [-0.05, 0) is 24.1 Å². The Morgan fingerprint density at radius 1 is 1.06 bits per heavy atom. The molecule has 1 aromatic carbocycles. The van der Waals surface area contributed by atoms with E-state index in [4.69, 9.17) is 0 Å². The summed E-state index contributed by atoms with van der Waals surface area (Å²) in [6.07, 6.45) is 11.3. The largest absolute Gasteiger partial charge is 0.384 e. The molecule has 2 heterocycles. The first kappa shape index (κ1) is 9.28. The van der Waals surface area contributed by atoms with E-state index in [-0.39, 0.29) is 0 Å². The van der Waals surface area contributed by atoms with E-state index >= 15 is 0 Å². The van der Waals surface area contributed by atoms with E-state index in [1.54, 1.807) is 0 Å². The highest BCUT2D eigenvalue weighted by Gasteiger charge is 2.15. The Hall–Kier alpha value is -1.96. The predicted molar refractivity (Wildman–Crippen MR) is 68.0 cm³/mol. The van der Waals surface area contributed by atoms with Crippen molar-refractivity contribution in [1.82, 2.24) is 5.32 Å². The van der Waals surface area contributed by atoms with Crippen LogP contribution in [-0.4, -0.2) is 6.54 Å². The number of hydrogen-bond acceptors (Lipinski definition) is 2. The number of nitrogens with one attached hydrogen (secondary N) is 2. The summed E-state index contributed by atoms with van der Waals surface area (Å²) in [7, 11) is 0. The number of benzene rings is 1. The average Bonchev–Trinajstić information content (AvgIpc) is 2.63. The molecule has 0 bridgehead atoms. The molecule has 1 aromatic rings. The van der Waals surface area contributed by atoms with Gasteiger partial charge in [0, 0.05) is 29.7 Å². The van der Waals surface area contributed by atoms with Crippen LogP contribution in [0.5, 0.6) is 0 Å². The zero-order chi connectivity index (χ0) is 10.8. The first-order valence-electron chi connectivity index (χ1n) is 5.61. The summed E-state index contributed by atoms with van der Waals surface area (Å²) >= 11 is 0. The third kappa shape index (κ3) is 1.52. The van der Waals surface area contributed by atoms with Gasteiger partial charge in [-0.15, -0.1) is 0 Å². The molecule has 16 heavy (non-hydrogen) atoms. The van der Waals surface area contributed by atoms with Crippen LogP contribution >= 0.6 is 0 Å². The van der Waals surface area contributed by atoms with Crippen molar-refractivity contribution in [2.45, 2.75) is 6.42 Å². The Morgan fingerprint density at radius 3 is 3.06 bits per heavy atom. The van der Waals surface area contributed by atoms with Crippen LogP contribution in [-0.2, 0) is 6.42 Å². The molecular formula is C14H14N2. The molecule has 2 nitrogen and oxygen atoms in total. The molecule has 2 N–H and O–H groups in total. The molecule has 0 saturated carbocycles. The molecule has 0 spiro atoms. The van der Waals surface area contributed by atoms with Crippen LogP contribution in [0.1, 0.15) is 11.1 Å². The number of anilines is 1. The van der Waals surface area contributed by atoms with E-state index in [9.17, 15) is 0 Å². The van der Waals surface area contributed by atoms with Crippen LogP contribution in [0.25, 0.3) is 5.70 Å². The lowest BCUT2D eigenvalue weighted by Crippen LogP contribution is -2.05. The Kier molecular flexibility index (Phi) is 2.26. The topological polar surface area (TPSA) is 24.1 Å². The average molecular weight is 210 g/mol. The minimum atomic E-state index is 1.05. The first-order chi connectivity index (χ1) is 7.95. The minimum Gasteiger partial charge on any atom is -0.384 e. The lowest BCUT2D eigenvalue weighted by atomic mass is 10.0. The lowest BCUT2D eigenvalue weighted by molar-refractivity contribution is 1.11. The van der Waals surface area contributed by atoms with Gasteiger partial charge in [0.05, 0.1) is 0 Å². The minimum absolute atomic E-state index is 1.05. The highest BCUT2D eigenvalue weighted by molar-refractivity contribution is 5.80. The second-order valence-electron chi connectivity index (χ2n) is 3.99. The van der Waals surface area contributed by atoms with Crippen molar-refractivity contribution >= 4 is 11.4 Å². The van der Waals surface area contributed by atoms with Crippen LogP contribution in [0.15, 0.2) is 48.7 Å². The van der Waals surface area contributed by atoms with Gasteiger partial charge in [0.15, 0.2) is 0 Å². The zero-order valence-corrected chi connectivity index (χ0v) is 9.03. The maximum atomic E-state index is 3.46. The van der Waals surface area contributed by atoms with E-state index in [0.717, 1.165) is 18.7 Å². The molecule has 0 radical (unpaired) electrons. The van der Waals surface area contributed by atoms with Gasteiger partial charge in [-0.2, -0.15) is 0 Å². The number of fused-ring (bicyclic) bond motifs is 1. The number of allylic oxidation sites excluding steroid dienone is 4. The van der Waals surface area contributed by atoms with Crippen molar-refractivity contribution in [3.8, 4) is 0 Å². The van der Waals surface area contributed by atoms with Gasteiger partial charge in [-0.25, -0.2) is 0 Å². The fourth-order valence-corrected chi connectivity index (χ4v) is 2.19. The lowest BCUT2D eigenvalue weighted by Gasteiger charge is -2.11. The Balaban J connectivity index is 2.07. The van der Waals surface area contributed by atoms with Crippen LogP contribution in [0.2, 0.25) is 0 Å². The smallest absolute Gasteiger partial charge is 0.0474 e. The van der Waals surface area contributed by atoms with E-state index in [1.165, 1.54) is 16.8 Å². The maximum Gasteiger partial charge on any atom is 0.0474 e. The standard InChI is InChI=1S/C14H14N2/c1-2-7-13(15-9-3-1)12-6-4-5-11-8-10-16-14(11)12/h1-7,9,15-16H,8,10H2. The predicted octanol–water partition coefficient (Wildman–Crippen LogP) is 2.67. The van der Waals surface area contributed by atoms with Crippen LogP contribution in [0, 0.1) is 0 Å². The molecule has 0 saturated heterocycles. The summed E-state index contributed by atoms with van der Waals surface area (Å²) in [6.45, 7) is 1.05. The Bertz CT molecular complexity index is 495. The quantitative estimate of drug-likeness (QED) is 0.744. The van der Waals surface area contributed by atoms with Crippen molar-refractivity contribution in [1.29, 1.82) is 0 Å². The molecule has 0 aromatic heterocycles. The van der Waals surface area contributed by atoms with Gasteiger partial charge in [0.25, 0.3) is 0 Å². The van der Waals surface area contributed by atoms with Gasteiger partial charge >= 0.3 is 0 Å². The molecule has 2 heteroatoms. The number of hydrogen-bond donors (Lipinski definition) is 2. The molecule has 3 rings (SSSR count). The molecule has 80 valence electrons. The van der Waals surface area contributed by atoms with Crippen LogP contribution in [0.3, 0.4) is 0 Å². The fraction of sp³-hybridized carbons (Fsp3) is 0.143.